The number of hydrogen-bond donors (Lipinski definition) is 1. The molecule has 2 aliphatic rings. The monoisotopic (exact) mass is 408 g/mol. The van der Waals surface area contributed by atoms with Crippen LogP contribution in [0.5, 0.6) is 0 Å². The highest BCUT2D eigenvalue weighted by Gasteiger charge is 2.28. The molecule has 0 saturated carbocycles. The highest BCUT2D eigenvalue weighted by atomic mass is 32.1. The van der Waals surface area contributed by atoms with Crippen molar-refractivity contribution < 1.29 is 14.3 Å². The van der Waals surface area contributed by atoms with Gasteiger partial charge in [0.2, 0.25) is 0 Å². The number of guanidine groups is 1. The fraction of sp³-hybridized carbons (Fsp3) is 0.700. The van der Waals surface area contributed by atoms with Gasteiger partial charge in [-0.05, 0) is 31.2 Å². The number of aliphatic imine (C=N–C) groups is 1. The molecule has 0 aromatic carbocycles. The van der Waals surface area contributed by atoms with Gasteiger partial charge in [-0.1, -0.05) is 6.07 Å². The minimum Gasteiger partial charge on any atom is -0.469 e. The Bertz CT molecular complexity index is 623. The first-order valence-electron chi connectivity index (χ1n) is 10.2. The lowest BCUT2D eigenvalue weighted by Crippen LogP contribution is -2.47. The molecular formula is C20H32N4O3S. The predicted octanol–water partition coefficient (Wildman–Crippen LogP) is 1.97. The van der Waals surface area contributed by atoms with E-state index in [1.165, 1.54) is 12.0 Å². The molecule has 3 rings (SSSR count). The zero-order valence-electron chi connectivity index (χ0n) is 16.9. The molecule has 1 unspecified atom stereocenters. The van der Waals surface area contributed by atoms with E-state index in [1.807, 2.05) is 0 Å². The normalized spacial score (nSPS) is 20.8. The van der Waals surface area contributed by atoms with Gasteiger partial charge in [0.1, 0.15) is 0 Å². The Kier molecular flexibility index (Phi) is 8.12. The summed E-state index contributed by atoms with van der Waals surface area (Å²) in [6.45, 7) is 8.75. The van der Waals surface area contributed by atoms with Crippen molar-refractivity contribution in [3.05, 3.63) is 22.4 Å². The van der Waals surface area contributed by atoms with E-state index in [4.69, 9.17) is 14.5 Å². The summed E-state index contributed by atoms with van der Waals surface area (Å²) in [5.74, 6) is 0.864. The number of carbonyl (C=O) groups excluding carboxylic acids is 1. The Labute approximate surface area is 171 Å². The summed E-state index contributed by atoms with van der Waals surface area (Å²) in [6, 6.07) is 4.60. The molecule has 156 valence electrons. The standard InChI is InChI=1S/C20H32N4O3S/c1-3-21-20(24-8-6-16(7-9-24)19(25)26-2)22-15-17(18-5-4-14-28-18)23-10-12-27-13-11-23/h4-5,14,16-17H,3,6-13,15H2,1-2H3,(H,21,22). The van der Waals surface area contributed by atoms with Crippen molar-refractivity contribution in [1.29, 1.82) is 0 Å². The first-order chi connectivity index (χ1) is 13.7. The summed E-state index contributed by atoms with van der Waals surface area (Å²) < 4.78 is 10.4. The number of methoxy groups -OCH3 is 1. The molecule has 2 aliphatic heterocycles. The van der Waals surface area contributed by atoms with Gasteiger partial charge in [-0.3, -0.25) is 14.7 Å². The van der Waals surface area contributed by atoms with Gasteiger partial charge in [0.25, 0.3) is 0 Å². The fourth-order valence-corrected chi connectivity index (χ4v) is 4.70. The van der Waals surface area contributed by atoms with E-state index < -0.39 is 0 Å². The molecule has 0 amide bonds. The van der Waals surface area contributed by atoms with E-state index in [0.717, 1.165) is 71.3 Å². The van der Waals surface area contributed by atoms with Crippen molar-refractivity contribution in [1.82, 2.24) is 15.1 Å². The van der Waals surface area contributed by atoms with Crippen molar-refractivity contribution >= 4 is 23.3 Å². The summed E-state index contributed by atoms with van der Waals surface area (Å²) in [4.78, 5) is 22.9. The molecule has 1 N–H and O–H groups in total. The van der Waals surface area contributed by atoms with Crippen LogP contribution in [0.3, 0.4) is 0 Å². The lowest BCUT2D eigenvalue weighted by Gasteiger charge is -2.35. The molecule has 0 radical (unpaired) electrons. The van der Waals surface area contributed by atoms with Gasteiger partial charge in [-0.2, -0.15) is 0 Å². The number of likely N-dealkylation sites (tertiary alicyclic amines) is 1. The largest absolute Gasteiger partial charge is 0.469 e. The molecular weight excluding hydrogens is 376 g/mol. The highest BCUT2D eigenvalue weighted by Crippen LogP contribution is 2.26. The zero-order chi connectivity index (χ0) is 19.8. The summed E-state index contributed by atoms with van der Waals surface area (Å²) in [5, 5.41) is 5.57. The van der Waals surface area contributed by atoms with Crippen LogP contribution < -0.4 is 5.32 Å². The summed E-state index contributed by atoms with van der Waals surface area (Å²) in [5.41, 5.74) is 0. The van der Waals surface area contributed by atoms with Crippen LogP contribution in [0.25, 0.3) is 0 Å². The lowest BCUT2D eigenvalue weighted by atomic mass is 9.97. The lowest BCUT2D eigenvalue weighted by molar-refractivity contribution is -0.146. The topological polar surface area (TPSA) is 66.4 Å². The SMILES string of the molecule is CCNC(=NCC(c1cccs1)N1CCOCC1)N1CCC(C(=O)OC)CC1. The summed E-state index contributed by atoms with van der Waals surface area (Å²) in [6.07, 6.45) is 1.63. The maximum Gasteiger partial charge on any atom is 0.308 e. The van der Waals surface area contributed by atoms with E-state index in [1.54, 1.807) is 11.3 Å². The van der Waals surface area contributed by atoms with Crippen LogP contribution in [0.4, 0.5) is 0 Å². The van der Waals surface area contributed by atoms with Crippen LogP contribution >= 0.6 is 11.3 Å². The Hall–Kier alpha value is -1.64. The number of hydrogen-bond acceptors (Lipinski definition) is 6. The Balaban J connectivity index is 1.67. The van der Waals surface area contributed by atoms with E-state index in [2.05, 4.69) is 39.6 Å². The Morgan fingerprint density at radius 2 is 2.11 bits per heavy atom. The maximum atomic E-state index is 11.8. The molecule has 1 atom stereocenters. The maximum absolute atomic E-state index is 11.8. The van der Waals surface area contributed by atoms with Crippen LogP contribution in [0.15, 0.2) is 22.5 Å². The van der Waals surface area contributed by atoms with Gasteiger partial charge < -0.3 is 19.7 Å². The van der Waals surface area contributed by atoms with Gasteiger partial charge in [-0.25, -0.2) is 0 Å². The molecule has 0 bridgehead atoms. The third-order valence-electron chi connectivity index (χ3n) is 5.44. The summed E-state index contributed by atoms with van der Waals surface area (Å²) in [7, 11) is 1.47. The molecule has 0 spiro atoms. The van der Waals surface area contributed by atoms with Gasteiger partial charge in [0, 0.05) is 37.6 Å². The third kappa shape index (κ3) is 5.46. The minimum atomic E-state index is -0.0910. The number of carbonyl (C=O) groups is 1. The predicted molar refractivity (Wildman–Crippen MR) is 112 cm³/mol. The van der Waals surface area contributed by atoms with Crippen molar-refractivity contribution in [3.63, 3.8) is 0 Å². The van der Waals surface area contributed by atoms with Crippen LogP contribution in [0.1, 0.15) is 30.7 Å². The molecule has 1 aromatic rings. The number of esters is 1. The van der Waals surface area contributed by atoms with Crippen molar-refractivity contribution in [2.45, 2.75) is 25.8 Å². The molecule has 28 heavy (non-hydrogen) atoms. The minimum absolute atomic E-state index is 0.0105. The van der Waals surface area contributed by atoms with E-state index >= 15 is 0 Å². The van der Waals surface area contributed by atoms with E-state index in [9.17, 15) is 4.79 Å². The molecule has 2 fully saturated rings. The van der Waals surface area contributed by atoms with Crippen LogP contribution in [-0.4, -0.2) is 81.3 Å². The molecule has 3 heterocycles. The number of nitrogens with one attached hydrogen (secondary N) is 1. The van der Waals surface area contributed by atoms with Crippen molar-refractivity contribution in [3.8, 4) is 0 Å². The van der Waals surface area contributed by atoms with Gasteiger partial charge in [-0.15, -0.1) is 11.3 Å². The first-order valence-corrected chi connectivity index (χ1v) is 11.1. The van der Waals surface area contributed by atoms with E-state index in [0.29, 0.717) is 0 Å². The quantitative estimate of drug-likeness (QED) is 0.441. The van der Waals surface area contributed by atoms with Crippen molar-refractivity contribution in [2.75, 3.05) is 59.6 Å². The number of rotatable bonds is 6. The first kappa shape index (κ1) is 21.1. The van der Waals surface area contributed by atoms with Crippen LogP contribution in [0.2, 0.25) is 0 Å². The number of morpholine rings is 1. The Morgan fingerprint density at radius 1 is 1.36 bits per heavy atom. The number of ether oxygens (including phenoxy) is 2. The molecule has 7 nitrogen and oxygen atoms in total. The average molecular weight is 409 g/mol. The Morgan fingerprint density at radius 3 is 2.71 bits per heavy atom. The zero-order valence-corrected chi connectivity index (χ0v) is 17.7. The number of nitrogens with zero attached hydrogens (tertiary/aromatic N) is 3. The van der Waals surface area contributed by atoms with Crippen LogP contribution in [0, 0.1) is 5.92 Å². The summed E-state index contributed by atoms with van der Waals surface area (Å²) >= 11 is 1.79. The third-order valence-corrected chi connectivity index (χ3v) is 6.41. The molecule has 2 saturated heterocycles. The second-order valence-corrected chi connectivity index (χ2v) is 8.14. The van der Waals surface area contributed by atoms with Gasteiger partial charge in [0.05, 0.1) is 38.8 Å². The number of piperidine rings is 1. The average Bonchev–Trinajstić information content (AvgIpc) is 3.28. The van der Waals surface area contributed by atoms with Gasteiger partial charge in [0.15, 0.2) is 5.96 Å². The molecule has 0 aliphatic carbocycles. The highest BCUT2D eigenvalue weighted by molar-refractivity contribution is 7.10. The van der Waals surface area contributed by atoms with Gasteiger partial charge >= 0.3 is 5.97 Å². The second-order valence-electron chi connectivity index (χ2n) is 7.16. The number of thiophene rings is 1. The van der Waals surface area contributed by atoms with E-state index in [-0.39, 0.29) is 17.9 Å². The smallest absolute Gasteiger partial charge is 0.308 e. The fourth-order valence-electron chi connectivity index (χ4n) is 3.85. The molecule has 1 aromatic heterocycles. The van der Waals surface area contributed by atoms with Crippen molar-refractivity contribution in [2.24, 2.45) is 10.9 Å². The second kappa shape index (κ2) is 10.8. The van der Waals surface area contributed by atoms with Crippen LogP contribution in [-0.2, 0) is 14.3 Å². The molecule has 8 heteroatoms.